The van der Waals surface area contributed by atoms with Crippen LogP contribution in [0.1, 0.15) is 18.9 Å². The molecule has 0 aromatic heterocycles. The summed E-state index contributed by atoms with van der Waals surface area (Å²) in [5.74, 6) is -0.210. The van der Waals surface area contributed by atoms with Crippen molar-refractivity contribution in [2.75, 3.05) is 18.2 Å². The molecule has 3 rings (SSSR count). The second kappa shape index (κ2) is 6.46. The molecule has 1 fully saturated rings. The molecule has 2 aromatic carbocycles. The van der Waals surface area contributed by atoms with Crippen molar-refractivity contribution < 1.29 is 9.13 Å². The van der Waals surface area contributed by atoms with Gasteiger partial charge in [0.2, 0.25) is 0 Å². The molecule has 0 amide bonds. The van der Waals surface area contributed by atoms with Gasteiger partial charge >= 0.3 is 0 Å². The topological polar surface area (TPSA) is 38.5 Å². The van der Waals surface area contributed by atoms with Gasteiger partial charge in [-0.25, -0.2) is 4.39 Å². The molecule has 0 radical (unpaired) electrons. The highest BCUT2D eigenvalue weighted by Crippen LogP contribution is 2.28. The highest BCUT2D eigenvalue weighted by molar-refractivity contribution is 5.67. The van der Waals surface area contributed by atoms with Gasteiger partial charge in [-0.3, -0.25) is 0 Å². The number of hydrogen-bond acceptors (Lipinski definition) is 3. The normalized spacial score (nSPS) is 18.0. The zero-order valence-corrected chi connectivity index (χ0v) is 12.8. The van der Waals surface area contributed by atoms with Gasteiger partial charge in [-0.05, 0) is 35.7 Å². The second-order valence-electron chi connectivity index (χ2n) is 5.61. The van der Waals surface area contributed by atoms with Crippen LogP contribution in [0.2, 0.25) is 0 Å². The molecule has 116 valence electrons. The maximum Gasteiger partial charge on any atom is 0.133 e. The van der Waals surface area contributed by atoms with Gasteiger partial charge in [0.1, 0.15) is 12.5 Å². The summed E-state index contributed by atoms with van der Waals surface area (Å²) in [6.07, 6.45) is 1.22. The number of rotatable bonds is 4. The fraction of sp³-hybridized carbons (Fsp3) is 0.333. The summed E-state index contributed by atoms with van der Waals surface area (Å²) in [5, 5.41) is 0. The highest BCUT2D eigenvalue weighted by atomic mass is 19.1. The minimum Gasteiger partial charge on any atom is -0.356 e. The number of benzene rings is 2. The Morgan fingerprint density at radius 1 is 1.23 bits per heavy atom. The van der Waals surface area contributed by atoms with Crippen molar-refractivity contribution in [3.8, 4) is 11.1 Å². The molecule has 22 heavy (non-hydrogen) atoms. The third-order valence-electron chi connectivity index (χ3n) is 4.16. The minimum atomic E-state index is -0.210. The molecule has 1 saturated heterocycles. The molecule has 1 aliphatic heterocycles. The lowest BCUT2D eigenvalue weighted by Crippen LogP contribution is -2.21. The first-order chi connectivity index (χ1) is 10.7. The van der Waals surface area contributed by atoms with Crippen molar-refractivity contribution >= 4 is 5.69 Å². The quantitative estimate of drug-likeness (QED) is 0.939. The summed E-state index contributed by atoms with van der Waals surface area (Å²) in [6, 6.07) is 13.1. The molecule has 0 saturated carbocycles. The molecule has 1 aliphatic rings. The predicted octanol–water partition coefficient (Wildman–Crippen LogP) is 3.52. The molecular weight excluding hydrogens is 279 g/mol. The number of halogens is 1. The number of anilines is 1. The van der Waals surface area contributed by atoms with Crippen molar-refractivity contribution in [1.82, 2.24) is 0 Å². The van der Waals surface area contributed by atoms with E-state index in [-0.39, 0.29) is 11.9 Å². The van der Waals surface area contributed by atoms with Crippen LogP contribution < -0.4 is 10.6 Å². The SMILES string of the molecule is CC[C@H]1CN(c2ccc(-c3ccc(CN)cc3)c(F)c2)CO1. The molecule has 1 heterocycles. The van der Waals surface area contributed by atoms with E-state index in [0.29, 0.717) is 18.8 Å². The molecule has 2 aromatic rings. The zero-order chi connectivity index (χ0) is 15.5. The summed E-state index contributed by atoms with van der Waals surface area (Å²) in [4.78, 5) is 2.07. The van der Waals surface area contributed by atoms with E-state index in [0.717, 1.165) is 29.8 Å². The van der Waals surface area contributed by atoms with E-state index in [1.807, 2.05) is 36.4 Å². The van der Waals surface area contributed by atoms with Gasteiger partial charge in [0, 0.05) is 24.3 Å². The molecule has 1 atom stereocenters. The summed E-state index contributed by atoms with van der Waals surface area (Å²) < 4.78 is 20.1. The zero-order valence-electron chi connectivity index (χ0n) is 12.8. The van der Waals surface area contributed by atoms with Crippen LogP contribution in [0.15, 0.2) is 42.5 Å². The standard InChI is InChI=1S/C18H21FN2O/c1-2-16-11-21(12-22-16)15-7-8-17(18(19)9-15)14-5-3-13(10-20)4-6-14/h3-9,16H,2,10-12,20H2,1H3/t16-/m0/s1. The Balaban J connectivity index is 1.82. The average Bonchev–Trinajstić information content (AvgIpc) is 3.04. The first-order valence-electron chi connectivity index (χ1n) is 7.66. The van der Waals surface area contributed by atoms with Crippen molar-refractivity contribution in [3.05, 3.63) is 53.8 Å². The Labute approximate surface area is 130 Å². The Kier molecular flexibility index (Phi) is 4.41. The lowest BCUT2D eigenvalue weighted by atomic mass is 10.0. The molecule has 0 aliphatic carbocycles. The third-order valence-corrected chi connectivity index (χ3v) is 4.16. The number of hydrogen-bond donors (Lipinski definition) is 1. The molecule has 3 nitrogen and oxygen atoms in total. The fourth-order valence-electron chi connectivity index (χ4n) is 2.73. The van der Waals surface area contributed by atoms with Gasteiger partial charge in [-0.1, -0.05) is 31.2 Å². The Bertz CT molecular complexity index is 642. The number of nitrogens with two attached hydrogens (primary N) is 1. The van der Waals surface area contributed by atoms with Crippen molar-refractivity contribution in [3.63, 3.8) is 0 Å². The smallest absolute Gasteiger partial charge is 0.133 e. The lowest BCUT2D eigenvalue weighted by molar-refractivity contribution is 0.113. The van der Waals surface area contributed by atoms with E-state index in [4.69, 9.17) is 10.5 Å². The van der Waals surface area contributed by atoms with Crippen LogP contribution in [0.25, 0.3) is 11.1 Å². The Morgan fingerprint density at radius 3 is 2.59 bits per heavy atom. The van der Waals surface area contributed by atoms with Gasteiger partial charge in [-0.2, -0.15) is 0 Å². The summed E-state index contributed by atoms with van der Waals surface area (Å²) in [6.45, 7) is 3.95. The van der Waals surface area contributed by atoms with E-state index >= 15 is 0 Å². The van der Waals surface area contributed by atoms with Crippen LogP contribution in [-0.2, 0) is 11.3 Å². The van der Waals surface area contributed by atoms with Crippen LogP contribution in [0.4, 0.5) is 10.1 Å². The second-order valence-corrected chi connectivity index (χ2v) is 5.61. The van der Waals surface area contributed by atoms with Crippen LogP contribution in [-0.4, -0.2) is 19.4 Å². The van der Waals surface area contributed by atoms with Crippen molar-refractivity contribution in [2.45, 2.75) is 26.0 Å². The monoisotopic (exact) mass is 300 g/mol. The first kappa shape index (κ1) is 15.0. The van der Waals surface area contributed by atoms with E-state index in [2.05, 4.69) is 11.8 Å². The number of ether oxygens (including phenoxy) is 1. The summed E-state index contributed by atoms with van der Waals surface area (Å²) in [7, 11) is 0. The van der Waals surface area contributed by atoms with Gasteiger partial charge < -0.3 is 15.4 Å². The number of nitrogens with zero attached hydrogens (tertiary/aromatic N) is 1. The minimum absolute atomic E-state index is 0.210. The van der Waals surface area contributed by atoms with Crippen LogP contribution >= 0.6 is 0 Å². The lowest BCUT2D eigenvalue weighted by Gasteiger charge is -2.17. The predicted molar refractivity (Wildman–Crippen MR) is 87.1 cm³/mol. The Morgan fingerprint density at radius 2 is 2.00 bits per heavy atom. The highest BCUT2D eigenvalue weighted by Gasteiger charge is 2.22. The Hall–Kier alpha value is -1.91. The van der Waals surface area contributed by atoms with Gasteiger partial charge in [0.15, 0.2) is 0 Å². The van der Waals surface area contributed by atoms with E-state index in [1.165, 1.54) is 0 Å². The summed E-state index contributed by atoms with van der Waals surface area (Å²) >= 11 is 0. The molecule has 0 bridgehead atoms. The van der Waals surface area contributed by atoms with Crippen LogP contribution in [0.3, 0.4) is 0 Å². The maximum atomic E-state index is 14.5. The van der Waals surface area contributed by atoms with Gasteiger partial charge in [-0.15, -0.1) is 0 Å². The van der Waals surface area contributed by atoms with Crippen molar-refractivity contribution in [1.29, 1.82) is 0 Å². The average molecular weight is 300 g/mol. The first-order valence-corrected chi connectivity index (χ1v) is 7.66. The van der Waals surface area contributed by atoms with E-state index in [9.17, 15) is 4.39 Å². The van der Waals surface area contributed by atoms with E-state index < -0.39 is 0 Å². The summed E-state index contributed by atoms with van der Waals surface area (Å²) in [5.41, 5.74) is 8.98. The third kappa shape index (κ3) is 2.98. The molecule has 0 spiro atoms. The van der Waals surface area contributed by atoms with Crippen LogP contribution in [0, 0.1) is 5.82 Å². The fourth-order valence-corrected chi connectivity index (χ4v) is 2.73. The van der Waals surface area contributed by atoms with Crippen molar-refractivity contribution in [2.24, 2.45) is 5.73 Å². The van der Waals surface area contributed by atoms with Gasteiger partial charge in [0.05, 0.1) is 6.10 Å². The van der Waals surface area contributed by atoms with Crippen LogP contribution in [0.5, 0.6) is 0 Å². The maximum absolute atomic E-state index is 14.5. The van der Waals surface area contributed by atoms with E-state index in [1.54, 1.807) is 6.07 Å². The van der Waals surface area contributed by atoms with Gasteiger partial charge in [0.25, 0.3) is 0 Å². The molecular formula is C18H21FN2O. The largest absolute Gasteiger partial charge is 0.356 e. The molecule has 2 N–H and O–H groups in total. The molecule has 0 unspecified atom stereocenters. The molecule has 4 heteroatoms.